The number of anilines is 2. The van der Waals surface area contributed by atoms with Crippen LogP contribution >= 0.6 is 11.6 Å². The molecule has 3 unspecified atom stereocenters. The lowest BCUT2D eigenvalue weighted by molar-refractivity contribution is -0.147. The van der Waals surface area contributed by atoms with Gasteiger partial charge in [0.2, 0.25) is 5.91 Å². The summed E-state index contributed by atoms with van der Waals surface area (Å²) in [6, 6.07) is 17.1. The van der Waals surface area contributed by atoms with Crippen molar-refractivity contribution in [3.8, 4) is 5.75 Å². The molecule has 0 aliphatic carbocycles. The molecule has 1 saturated heterocycles. The number of hydrogen-bond acceptors (Lipinski definition) is 9. The van der Waals surface area contributed by atoms with E-state index in [1.165, 1.54) is 13.2 Å². The van der Waals surface area contributed by atoms with E-state index in [1.807, 2.05) is 31.2 Å². The number of nitrogens with one attached hydrogen (secondary N) is 1. The van der Waals surface area contributed by atoms with Crippen molar-refractivity contribution in [3.05, 3.63) is 89.1 Å². The Kier molecular flexibility index (Phi) is 9.74. The van der Waals surface area contributed by atoms with Crippen LogP contribution in [0.5, 0.6) is 5.75 Å². The predicted molar refractivity (Wildman–Crippen MR) is 178 cm³/mol. The summed E-state index contributed by atoms with van der Waals surface area (Å²) >= 11 is 6.42. The van der Waals surface area contributed by atoms with Crippen LogP contribution in [0.15, 0.2) is 77.8 Å². The van der Waals surface area contributed by atoms with Gasteiger partial charge in [0, 0.05) is 23.8 Å². The average molecular weight is 665 g/mol. The molecule has 0 bridgehead atoms. The van der Waals surface area contributed by atoms with Gasteiger partial charge in [-0.25, -0.2) is 13.4 Å². The zero-order chi connectivity index (χ0) is 33.2. The van der Waals surface area contributed by atoms with Crippen molar-refractivity contribution in [1.29, 1.82) is 0 Å². The van der Waals surface area contributed by atoms with Crippen LogP contribution in [0.3, 0.4) is 0 Å². The van der Waals surface area contributed by atoms with Crippen LogP contribution in [0.4, 0.5) is 11.5 Å². The summed E-state index contributed by atoms with van der Waals surface area (Å²) in [5.41, 5.74) is 7.64. The number of halogens is 1. The van der Waals surface area contributed by atoms with Crippen molar-refractivity contribution in [1.82, 2.24) is 9.88 Å². The fraction of sp³-hybridized carbons (Fsp3) is 0.324. The normalized spacial score (nSPS) is 17.2. The monoisotopic (exact) mass is 664 g/mol. The Labute approximate surface area is 273 Å². The first kappa shape index (κ1) is 33.0. The summed E-state index contributed by atoms with van der Waals surface area (Å²) < 4.78 is 37.9. The number of rotatable bonds is 10. The van der Waals surface area contributed by atoms with Gasteiger partial charge in [-0.1, -0.05) is 35.9 Å². The number of esters is 1. The second kappa shape index (κ2) is 13.6. The molecular formula is C34H37ClN4O6S. The Balaban J connectivity index is 1.64. The van der Waals surface area contributed by atoms with E-state index >= 15 is 0 Å². The Morgan fingerprint density at radius 3 is 2.59 bits per heavy atom. The minimum atomic E-state index is -3.76. The van der Waals surface area contributed by atoms with Crippen molar-refractivity contribution in [3.63, 3.8) is 0 Å². The number of nitrogens with zero attached hydrogens (tertiary/aromatic N) is 2. The van der Waals surface area contributed by atoms with E-state index in [4.69, 9.17) is 26.8 Å². The van der Waals surface area contributed by atoms with Gasteiger partial charge in [-0.3, -0.25) is 9.59 Å². The number of nitrogens with two attached hydrogens (primary N) is 1. The van der Waals surface area contributed by atoms with Crippen molar-refractivity contribution in [2.75, 3.05) is 31.3 Å². The maximum atomic E-state index is 14.8. The number of nitrogen functional groups attached to an aromatic ring is 1. The van der Waals surface area contributed by atoms with E-state index < -0.39 is 39.1 Å². The molecule has 0 spiro atoms. The average Bonchev–Trinajstić information content (AvgIpc) is 3.49. The third kappa shape index (κ3) is 6.34. The molecule has 2 heterocycles. The molecule has 12 heteroatoms. The molecule has 1 aliphatic rings. The zero-order valence-electron chi connectivity index (χ0n) is 26.1. The van der Waals surface area contributed by atoms with Crippen molar-refractivity contribution < 1.29 is 27.5 Å². The van der Waals surface area contributed by atoms with Crippen LogP contribution < -0.4 is 15.8 Å². The molecule has 1 aliphatic heterocycles. The van der Waals surface area contributed by atoms with E-state index in [2.05, 4.69) is 10.3 Å². The van der Waals surface area contributed by atoms with E-state index in [9.17, 15) is 18.0 Å². The molecule has 3 aromatic carbocycles. The van der Waals surface area contributed by atoms with Gasteiger partial charge in [-0.05, 0) is 86.2 Å². The highest BCUT2D eigenvalue weighted by Gasteiger charge is 2.46. The van der Waals surface area contributed by atoms with E-state index in [-0.39, 0.29) is 17.3 Å². The van der Waals surface area contributed by atoms with E-state index in [1.54, 1.807) is 61.3 Å². The maximum Gasteiger partial charge on any atom is 0.311 e. The third-order valence-corrected chi connectivity index (χ3v) is 10.8. The minimum Gasteiger partial charge on any atom is -0.492 e. The van der Waals surface area contributed by atoms with E-state index in [0.717, 1.165) is 10.8 Å². The minimum absolute atomic E-state index is 0.0824. The van der Waals surface area contributed by atoms with Crippen LogP contribution in [-0.2, 0) is 24.2 Å². The molecular weight excluding hydrogens is 628 g/mol. The van der Waals surface area contributed by atoms with Crippen molar-refractivity contribution in [2.45, 2.75) is 49.4 Å². The Morgan fingerprint density at radius 1 is 1.11 bits per heavy atom. The lowest BCUT2D eigenvalue weighted by Crippen LogP contribution is -2.40. The molecule has 3 N–H and O–H groups in total. The summed E-state index contributed by atoms with van der Waals surface area (Å²) in [6.07, 6.45) is 1.90. The number of likely N-dealkylation sites (tertiary alicyclic amines) is 1. The van der Waals surface area contributed by atoms with Gasteiger partial charge < -0.3 is 25.4 Å². The van der Waals surface area contributed by atoms with Crippen LogP contribution in [-0.4, -0.2) is 55.7 Å². The summed E-state index contributed by atoms with van der Waals surface area (Å²) in [5, 5.41) is 4.65. The van der Waals surface area contributed by atoms with Gasteiger partial charge in [-0.15, -0.1) is 0 Å². The highest BCUT2D eigenvalue weighted by atomic mass is 35.5. The van der Waals surface area contributed by atoms with Gasteiger partial charge in [-0.2, -0.15) is 0 Å². The fourth-order valence-electron chi connectivity index (χ4n) is 5.94. The summed E-state index contributed by atoms with van der Waals surface area (Å²) in [5.74, 6) is -0.866. The lowest BCUT2D eigenvalue weighted by Gasteiger charge is -2.33. The number of pyridine rings is 1. The molecule has 5 rings (SSSR count). The molecule has 46 heavy (non-hydrogen) atoms. The Morgan fingerprint density at radius 2 is 1.87 bits per heavy atom. The summed E-state index contributed by atoms with van der Waals surface area (Å²) in [7, 11) is -2.48. The quantitative estimate of drug-likeness (QED) is 0.196. The molecule has 242 valence electrons. The molecule has 1 amide bonds. The fourth-order valence-corrected chi connectivity index (χ4v) is 7.40. The second-order valence-electron chi connectivity index (χ2n) is 11.4. The Hall–Kier alpha value is -4.35. The number of hydrogen-bond donors (Lipinski definition) is 2. The van der Waals surface area contributed by atoms with E-state index in [0.29, 0.717) is 46.4 Å². The largest absolute Gasteiger partial charge is 0.492 e. The molecule has 10 nitrogen and oxygen atoms in total. The summed E-state index contributed by atoms with van der Waals surface area (Å²) in [4.78, 5) is 33.8. The number of carbonyl (C=O) groups is 2. The van der Waals surface area contributed by atoms with Crippen LogP contribution in [0.25, 0.3) is 10.8 Å². The number of fused-ring (bicyclic) bond motifs is 1. The molecule has 4 aromatic rings. The smallest absolute Gasteiger partial charge is 0.311 e. The van der Waals surface area contributed by atoms with Crippen molar-refractivity contribution in [2.24, 2.45) is 5.92 Å². The summed E-state index contributed by atoms with van der Waals surface area (Å²) in [6.45, 7) is 5.61. The van der Waals surface area contributed by atoms with Gasteiger partial charge in [0.25, 0.3) is 0 Å². The molecule has 3 atom stereocenters. The number of benzene rings is 3. The number of methoxy groups -OCH3 is 1. The number of ether oxygens (including phenoxy) is 2. The van der Waals surface area contributed by atoms with Gasteiger partial charge in [0.1, 0.15) is 17.6 Å². The molecule has 1 fully saturated rings. The first-order chi connectivity index (χ1) is 22.0. The van der Waals surface area contributed by atoms with Gasteiger partial charge >= 0.3 is 5.97 Å². The molecule has 0 saturated carbocycles. The van der Waals surface area contributed by atoms with Crippen LogP contribution in [0.2, 0.25) is 5.02 Å². The number of carbonyl (C=O) groups excluding carboxylic acids is 2. The highest BCUT2D eigenvalue weighted by Crippen LogP contribution is 2.43. The number of aromatic nitrogens is 1. The van der Waals surface area contributed by atoms with Crippen LogP contribution in [0.1, 0.15) is 50.4 Å². The second-order valence-corrected chi connectivity index (χ2v) is 14.2. The number of amides is 1. The molecule has 1 aromatic heterocycles. The topological polar surface area (TPSA) is 141 Å². The Bertz CT molecular complexity index is 1880. The number of sulfone groups is 1. The van der Waals surface area contributed by atoms with Gasteiger partial charge in [0.15, 0.2) is 9.84 Å². The van der Waals surface area contributed by atoms with Gasteiger partial charge in [0.05, 0.1) is 40.8 Å². The standard InChI is InChI=1S/C34H37ClN4O6S/c1-5-45-28-19-22(10-13-27(28)35)30(38-23-11-12-24-21(18-23)14-16-37-32(24)36)33(40)39-17-15-26(34(41)44-4)31(39)25-8-6-7-9-29(25)46(42,43)20(2)3/h6-14,16,18-20,26,30-31,38H,5,15,17H2,1-4H3,(H2,36,37). The van der Waals surface area contributed by atoms with Crippen molar-refractivity contribution >= 4 is 55.6 Å². The highest BCUT2D eigenvalue weighted by molar-refractivity contribution is 7.92. The van der Waals surface area contributed by atoms with Crippen LogP contribution in [0, 0.1) is 5.92 Å². The first-order valence-corrected chi connectivity index (χ1v) is 16.9. The maximum absolute atomic E-state index is 14.8. The lowest BCUT2D eigenvalue weighted by atomic mass is 9.93. The molecule has 0 radical (unpaired) electrons. The third-order valence-electron chi connectivity index (χ3n) is 8.29. The SMILES string of the molecule is CCOc1cc(C(Nc2ccc3c(N)nccc3c2)C(=O)N2CCC(C(=O)OC)C2c2ccccc2S(=O)(=O)C(C)C)ccc1Cl. The zero-order valence-corrected chi connectivity index (χ0v) is 27.6. The first-order valence-electron chi connectivity index (χ1n) is 15.0. The predicted octanol–water partition coefficient (Wildman–Crippen LogP) is 5.97.